The van der Waals surface area contributed by atoms with Crippen LogP contribution in [0.1, 0.15) is 23.1 Å². The third-order valence-electron chi connectivity index (χ3n) is 3.05. The molecule has 3 aromatic rings. The Morgan fingerprint density at radius 2 is 2.38 bits per heavy atom. The van der Waals surface area contributed by atoms with E-state index < -0.39 is 0 Å². The first kappa shape index (κ1) is 13.6. The van der Waals surface area contributed by atoms with Crippen molar-refractivity contribution in [1.29, 1.82) is 0 Å². The molecule has 0 atom stereocenters. The molecule has 0 fully saturated rings. The number of aryl methyl sites for hydroxylation is 1. The van der Waals surface area contributed by atoms with E-state index in [2.05, 4.69) is 20.6 Å². The minimum atomic E-state index is -0.208. The van der Waals surface area contributed by atoms with E-state index in [1.807, 2.05) is 41.4 Å². The highest BCUT2D eigenvalue weighted by molar-refractivity contribution is 7.13. The third-order valence-corrected chi connectivity index (χ3v) is 3.95. The van der Waals surface area contributed by atoms with Gasteiger partial charge in [-0.2, -0.15) is 10.2 Å². The number of hydrogen-bond acceptors (Lipinski definition) is 4. The van der Waals surface area contributed by atoms with E-state index in [4.69, 9.17) is 0 Å². The Bertz CT molecular complexity index is 728. The highest BCUT2D eigenvalue weighted by atomic mass is 32.1. The molecule has 3 aromatic heterocycles. The number of aromatic amines is 1. The first-order chi connectivity index (χ1) is 10.3. The van der Waals surface area contributed by atoms with Crippen LogP contribution in [0.2, 0.25) is 0 Å². The van der Waals surface area contributed by atoms with E-state index in [0.29, 0.717) is 12.2 Å². The van der Waals surface area contributed by atoms with Gasteiger partial charge in [0.05, 0.1) is 22.8 Å². The number of nitrogens with one attached hydrogen (secondary N) is 2. The number of H-pyrrole nitrogens is 1. The lowest BCUT2D eigenvalue weighted by molar-refractivity contribution is 0.0945. The number of nitrogens with zero attached hydrogens (tertiary/aromatic N) is 3. The van der Waals surface area contributed by atoms with Crippen molar-refractivity contribution < 1.29 is 4.79 Å². The average Bonchev–Trinajstić information content (AvgIpc) is 3.24. The molecule has 0 saturated carbocycles. The van der Waals surface area contributed by atoms with E-state index in [1.54, 1.807) is 17.4 Å². The SMILES string of the molecule is CCn1ccc(CNC(=O)c2cc(-c3cccs3)[nH]n2)n1. The van der Waals surface area contributed by atoms with Crippen molar-refractivity contribution in [2.75, 3.05) is 0 Å². The first-order valence-electron chi connectivity index (χ1n) is 6.66. The molecule has 3 heterocycles. The molecule has 7 heteroatoms. The summed E-state index contributed by atoms with van der Waals surface area (Å²) in [4.78, 5) is 13.1. The summed E-state index contributed by atoms with van der Waals surface area (Å²) < 4.78 is 1.82. The zero-order chi connectivity index (χ0) is 14.7. The van der Waals surface area contributed by atoms with E-state index in [0.717, 1.165) is 22.8 Å². The van der Waals surface area contributed by atoms with Crippen LogP contribution in [-0.4, -0.2) is 25.9 Å². The molecule has 0 aliphatic carbocycles. The Balaban J connectivity index is 1.63. The molecule has 108 valence electrons. The van der Waals surface area contributed by atoms with Gasteiger partial charge in [0, 0.05) is 12.7 Å². The quantitative estimate of drug-likeness (QED) is 0.759. The van der Waals surface area contributed by atoms with Crippen molar-refractivity contribution in [3.63, 3.8) is 0 Å². The molecule has 21 heavy (non-hydrogen) atoms. The Morgan fingerprint density at radius 3 is 3.10 bits per heavy atom. The van der Waals surface area contributed by atoms with Crippen LogP contribution in [0.4, 0.5) is 0 Å². The van der Waals surface area contributed by atoms with Crippen molar-refractivity contribution in [3.05, 3.63) is 47.2 Å². The number of aromatic nitrogens is 4. The highest BCUT2D eigenvalue weighted by Gasteiger charge is 2.12. The summed E-state index contributed by atoms with van der Waals surface area (Å²) in [6.07, 6.45) is 1.89. The number of hydrogen-bond donors (Lipinski definition) is 2. The Hall–Kier alpha value is -2.41. The van der Waals surface area contributed by atoms with Crippen LogP contribution in [0, 0.1) is 0 Å². The molecule has 0 spiro atoms. The zero-order valence-corrected chi connectivity index (χ0v) is 12.4. The average molecular weight is 301 g/mol. The molecule has 1 amide bonds. The number of amides is 1. The van der Waals surface area contributed by atoms with Gasteiger partial charge in [-0.1, -0.05) is 6.07 Å². The van der Waals surface area contributed by atoms with Crippen LogP contribution in [0.5, 0.6) is 0 Å². The van der Waals surface area contributed by atoms with Gasteiger partial charge in [0.1, 0.15) is 0 Å². The standard InChI is InChI=1S/C14H15N5OS/c1-2-19-6-5-10(18-19)9-15-14(20)12-8-11(16-17-12)13-4-3-7-21-13/h3-8H,2,9H2,1H3,(H,15,20)(H,16,17). The molecule has 6 nitrogen and oxygen atoms in total. The van der Waals surface area contributed by atoms with Gasteiger partial charge in [-0.05, 0) is 30.5 Å². The zero-order valence-electron chi connectivity index (χ0n) is 11.5. The fraction of sp³-hybridized carbons (Fsp3) is 0.214. The summed E-state index contributed by atoms with van der Waals surface area (Å²) in [5.41, 5.74) is 2.07. The molecule has 0 radical (unpaired) electrons. The second-order valence-corrected chi connectivity index (χ2v) is 5.44. The molecule has 0 aliphatic rings. The second kappa shape index (κ2) is 5.92. The van der Waals surface area contributed by atoms with Gasteiger partial charge in [-0.15, -0.1) is 11.3 Å². The number of carbonyl (C=O) groups is 1. The largest absolute Gasteiger partial charge is 0.345 e. The predicted molar refractivity (Wildman–Crippen MR) is 81.0 cm³/mol. The van der Waals surface area contributed by atoms with E-state index in [1.165, 1.54) is 0 Å². The van der Waals surface area contributed by atoms with Crippen LogP contribution in [0.3, 0.4) is 0 Å². The minimum absolute atomic E-state index is 0.208. The van der Waals surface area contributed by atoms with E-state index in [9.17, 15) is 4.79 Å². The van der Waals surface area contributed by atoms with Crippen LogP contribution in [-0.2, 0) is 13.1 Å². The Kier molecular flexibility index (Phi) is 3.83. The molecule has 0 saturated heterocycles. The van der Waals surface area contributed by atoms with Crippen LogP contribution < -0.4 is 5.32 Å². The van der Waals surface area contributed by atoms with Crippen molar-refractivity contribution in [2.45, 2.75) is 20.0 Å². The van der Waals surface area contributed by atoms with Gasteiger partial charge >= 0.3 is 0 Å². The maximum Gasteiger partial charge on any atom is 0.272 e. The number of thiophene rings is 1. The maximum atomic E-state index is 12.1. The predicted octanol–water partition coefficient (Wildman–Crippen LogP) is 2.28. The lowest BCUT2D eigenvalue weighted by Crippen LogP contribution is -2.23. The van der Waals surface area contributed by atoms with E-state index in [-0.39, 0.29) is 5.91 Å². The van der Waals surface area contributed by atoms with Gasteiger partial charge in [0.25, 0.3) is 5.91 Å². The van der Waals surface area contributed by atoms with Gasteiger partial charge in [-0.25, -0.2) is 0 Å². The molecular formula is C14H15N5OS. The van der Waals surface area contributed by atoms with Gasteiger partial charge in [0.2, 0.25) is 0 Å². The number of rotatable bonds is 5. The highest BCUT2D eigenvalue weighted by Crippen LogP contribution is 2.22. The van der Waals surface area contributed by atoms with Crippen LogP contribution >= 0.6 is 11.3 Å². The van der Waals surface area contributed by atoms with Crippen molar-refractivity contribution in [3.8, 4) is 10.6 Å². The molecule has 0 aliphatic heterocycles. The van der Waals surface area contributed by atoms with Crippen molar-refractivity contribution in [2.24, 2.45) is 0 Å². The van der Waals surface area contributed by atoms with Crippen molar-refractivity contribution >= 4 is 17.2 Å². The summed E-state index contributed by atoms with van der Waals surface area (Å²) in [5, 5.41) is 16.0. The van der Waals surface area contributed by atoms with Crippen LogP contribution in [0.25, 0.3) is 10.6 Å². The topological polar surface area (TPSA) is 75.6 Å². The van der Waals surface area contributed by atoms with Gasteiger partial charge in [-0.3, -0.25) is 14.6 Å². The molecule has 0 bridgehead atoms. The molecular weight excluding hydrogens is 286 g/mol. The smallest absolute Gasteiger partial charge is 0.272 e. The summed E-state index contributed by atoms with van der Waals surface area (Å²) in [7, 11) is 0. The fourth-order valence-corrected chi connectivity index (χ4v) is 2.62. The Labute approximate surface area is 125 Å². The second-order valence-electron chi connectivity index (χ2n) is 4.49. The molecule has 0 unspecified atom stereocenters. The first-order valence-corrected chi connectivity index (χ1v) is 7.54. The lowest BCUT2D eigenvalue weighted by Gasteiger charge is -1.99. The minimum Gasteiger partial charge on any atom is -0.345 e. The third kappa shape index (κ3) is 3.03. The molecule has 3 rings (SSSR count). The molecule has 0 aromatic carbocycles. The summed E-state index contributed by atoms with van der Waals surface area (Å²) >= 11 is 1.60. The van der Waals surface area contributed by atoms with Crippen molar-refractivity contribution in [1.82, 2.24) is 25.3 Å². The fourth-order valence-electron chi connectivity index (χ4n) is 1.93. The monoisotopic (exact) mass is 301 g/mol. The Morgan fingerprint density at radius 1 is 1.48 bits per heavy atom. The molecule has 2 N–H and O–H groups in total. The summed E-state index contributed by atoms with van der Waals surface area (Å²) in [5.74, 6) is -0.208. The van der Waals surface area contributed by atoms with Gasteiger partial charge in [0.15, 0.2) is 5.69 Å². The maximum absolute atomic E-state index is 12.1. The lowest BCUT2D eigenvalue weighted by atomic mass is 10.3. The number of carbonyl (C=O) groups excluding carboxylic acids is 1. The normalized spacial score (nSPS) is 10.7. The van der Waals surface area contributed by atoms with Crippen LogP contribution in [0.15, 0.2) is 35.8 Å². The summed E-state index contributed by atoms with van der Waals surface area (Å²) in [6.45, 7) is 3.23. The summed E-state index contributed by atoms with van der Waals surface area (Å²) in [6, 6.07) is 7.60. The van der Waals surface area contributed by atoms with Gasteiger partial charge < -0.3 is 5.32 Å². The van der Waals surface area contributed by atoms with E-state index >= 15 is 0 Å².